The fraction of sp³-hybridized carbons (Fsp3) is 0.263. The highest BCUT2D eigenvalue weighted by atomic mass is 16.5. The summed E-state index contributed by atoms with van der Waals surface area (Å²) in [5.74, 6) is 0.325. The molecule has 2 rings (SSSR count). The Balaban J connectivity index is 2.02. The largest absolute Gasteiger partial charge is 0.496 e. The molecular weight excluding hydrogens is 304 g/mol. The highest BCUT2D eigenvalue weighted by Gasteiger charge is 2.16. The van der Waals surface area contributed by atoms with Crippen LogP contribution in [0.25, 0.3) is 0 Å². The second kappa shape index (κ2) is 8.15. The molecular formula is C19H22N2O3. The number of ether oxygens (including phenoxy) is 1. The van der Waals surface area contributed by atoms with Crippen molar-refractivity contribution in [1.29, 1.82) is 0 Å². The van der Waals surface area contributed by atoms with Gasteiger partial charge in [0.25, 0.3) is 0 Å². The summed E-state index contributed by atoms with van der Waals surface area (Å²) in [6, 6.07) is 15.0. The van der Waals surface area contributed by atoms with Gasteiger partial charge in [-0.2, -0.15) is 0 Å². The van der Waals surface area contributed by atoms with Crippen molar-refractivity contribution in [1.82, 2.24) is 5.32 Å². The summed E-state index contributed by atoms with van der Waals surface area (Å²) in [6.45, 7) is 3.73. The van der Waals surface area contributed by atoms with Gasteiger partial charge < -0.3 is 15.0 Å². The maximum absolute atomic E-state index is 12.2. The number of aryl methyl sites for hydroxylation is 1. The van der Waals surface area contributed by atoms with Crippen LogP contribution in [-0.4, -0.2) is 25.5 Å². The first-order valence-corrected chi connectivity index (χ1v) is 7.74. The van der Waals surface area contributed by atoms with E-state index < -0.39 is 0 Å². The van der Waals surface area contributed by atoms with E-state index in [9.17, 15) is 9.59 Å². The molecule has 0 spiro atoms. The summed E-state index contributed by atoms with van der Waals surface area (Å²) in [5.41, 5.74) is 2.64. The van der Waals surface area contributed by atoms with E-state index in [2.05, 4.69) is 5.32 Å². The minimum absolute atomic E-state index is 0.0199. The molecule has 0 saturated carbocycles. The molecule has 24 heavy (non-hydrogen) atoms. The third-order valence-corrected chi connectivity index (χ3v) is 3.66. The second-order valence-electron chi connectivity index (χ2n) is 5.53. The van der Waals surface area contributed by atoms with Gasteiger partial charge >= 0.3 is 0 Å². The number of carbonyl (C=O) groups is 2. The Kier molecular flexibility index (Phi) is 5.95. The third-order valence-electron chi connectivity index (χ3n) is 3.66. The fourth-order valence-corrected chi connectivity index (χ4v) is 2.42. The Bertz CT molecular complexity index is 728. The van der Waals surface area contributed by atoms with Gasteiger partial charge in [-0.3, -0.25) is 9.59 Å². The molecule has 2 aromatic carbocycles. The molecule has 0 radical (unpaired) electrons. The van der Waals surface area contributed by atoms with Crippen LogP contribution >= 0.6 is 0 Å². The van der Waals surface area contributed by atoms with Crippen LogP contribution in [0, 0.1) is 6.92 Å². The molecule has 0 heterocycles. The monoisotopic (exact) mass is 326 g/mol. The van der Waals surface area contributed by atoms with Gasteiger partial charge in [0, 0.05) is 24.7 Å². The van der Waals surface area contributed by atoms with Crippen molar-refractivity contribution in [3.8, 4) is 5.75 Å². The molecule has 0 unspecified atom stereocenters. The summed E-state index contributed by atoms with van der Waals surface area (Å²) in [6.07, 6.45) is 0. The highest BCUT2D eigenvalue weighted by Crippen LogP contribution is 2.17. The van der Waals surface area contributed by atoms with Crippen LogP contribution in [0.15, 0.2) is 48.5 Å². The minimum atomic E-state index is -0.224. The standard InChI is InChI=1S/C19H22N2O3/c1-14-7-6-9-17(11-14)21(15(2)22)13-19(23)20-12-16-8-4-5-10-18(16)24-3/h4-11H,12-13H2,1-3H3,(H,20,23). The zero-order valence-electron chi connectivity index (χ0n) is 14.2. The number of anilines is 1. The molecule has 126 valence electrons. The lowest BCUT2D eigenvalue weighted by atomic mass is 10.2. The Morgan fingerprint density at radius 1 is 1.12 bits per heavy atom. The fourth-order valence-electron chi connectivity index (χ4n) is 2.42. The van der Waals surface area contributed by atoms with E-state index in [0.29, 0.717) is 6.54 Å². The molecule has 0 aromatic heterocycles. The number of benzene rings is 2. The van der Waals surface area contributed by atoms with E-state index in [0.717, 1.165) is 22.6 Å². The van der Waals surface area contributed by atoms with Crippen LogP contribution in [0.2, 0.25) is 0 Å². The Hall–Kier alpha value is -2.82. The molecule has 5 heteroatoms. The van der Waals surface area contributed by atoms with Crippen LogP contribution in [0.4, 0.5) is 5.69 Å². The van der Waals surface area contributed by atoms with Crippen molar-refractivity contribution in [2.45, 2.75) is 20.4 Å². The molecule has 0 bridgehead atoms. The zero-order chi connectivity index (χ0) is 17.5. The van der Waals surface area contributed by atoms with Crippen LogP contribution in [-0.2, 0) is 16.1 Å². The predicted octanol–water partition coefficient (Wildman–Crippen LogP) is 2.67. The van der Waals surface area contributed by atoms with Crippen molar-refractivity contribution in [2.24, 2.45) is 0 Å². The van der Waals surface area contributed by atoms with Gasteiger partial charge in [0.15, 0.2) is 0 Å². The van der Waals surface area contributed by atoms with Gasteiger partial charge in [-0.05, 0) is 30.7 Å². The molecule has 0 fully saturated rings. The first kappa shape index (κ1) is 17.5. The normalized spacial score (nSPS) is 10.1. The summed E-state index contributed by atoms with van der Waals surface area (Å²) < 4.78 is 5.26. The zero-order valence-corrected chi connectivity index (χ0v) is 14.2. The Morgan fingerprint density at radius 2 is 1.88 bits per heavy atom. The molecule has 0 aliphatic carbocycles. The van der Waals surface area contributed by atoms with E-state index in [1.807, 2.05) is 55.5 Å². The quantitative estimate of drug-likeness (QED) is 0.888. The van der Waals surface area contributed by atoms with Crippen LogP contribution in [0.1, 0.15) is 18.1 Å². The molecule has 5 nitrogen and oxygen atoms in total. The van der Waals surface area contributed by atoms with E-state index in [1.54, 1.807) is 7.11 Å². The van der Waals surface area contributed by atoms with E-state index in [4.69, 9.17) is 4.74 Å². The van der Waals surface area contributed by atoms with Crippen molar-refractivity contribution < 1.29 is 14.3 Å². The SMILES string of the molecule is COc1ccccc1CNC(=O)CN(C(C)=O)c1cccc(C)c1. The predicted molar refractivity (Wildman–Crippen MR) is 94.0 cm³/mol. The first-order valence-electron chi connectivity index (χ1n) is 7.74. The van der Waals surface area contributed by atoms with Crippen molar-refractivity contribution >= 4 is 17.5 Å². The number of amides is 2. The number of carbonyl (C=O) groups excluding carboxylic acids is 2. The molecule has 0 saturated heterocycles. The number of para-hydroxylation sites is 1. The molecule has 2 aromatic rings. The van der Waals surface area contributed by atoms with Crippen molar-refractivity contribution in [2.75, 3.05) is 18.6 Å². The van der Waals surface area contributed by atoms with Crippen molar-refractivity contribution in [3.63, 3.8) is 0 Å². The molecule has 0 aliphatic rings. The van der Waals surface area contributed by atoms with Crippen LogP contribution in [0.5, 0.6) is 5.75 Å². The molecule has 0 aliphatic heterocycles. The number of nitrogens with one attached hydrogen (secondary N) is 1. The lowest BCUT2D eigenvalue weighted by Gasteiger charge is -2.21. The number of hydrogen-bond acceptors (Lipinski definition) is 3. The van der Waals surface area contributed by atoms with Crippen molar-refractivity contribution in [3.05, 3.63) is 59.7 Å². The van der Waals surface area contributed by atoms with Gasteiger partial charge in [0.05, 0.1) is 7.11 Å². The number of nitrogens with zero attached hydrogens (tertiary/aromatic N) is 1. The highest BCUT2D eigenvalue weighted by molar-refractivity contribution is 5.97. The van der Waals surface area contributed by atoms with Crippen LogP contribution < -0.4 is 15.0 Å². The number of hydrogen-bond donors (Lipinski definition) is 1. The van der Waals surface area contributed by atoms with Crippen LogP contribution in [0.3, 0.4) is 0 Å². The smallest absolute Gasteiger partial charge is 0.240 e. The third kappa shape index (κ3) is 4.59. The average molecular weight is 326 g/mol. The van der Waals surface area contributed by atoms with Gasteiger partial charge in [0.2, 0.25) is 11.8 Å². The van der Waals surface area contributed by atoms with Gasteiger partial charge in [-0.1, -0.05) is 30.3 Å². The summed E-state index contributed by atoms with van der Waals surface area (Å²) in [4.78, 5) is 25.6. The number of methoxy groups -OCH3 is 1. The summed E-state index contributed by atoms with van der Waals surface area (Å²) >= 11 is 0. The topological polar surface area (TPSA) is 58.6 Å². The molecule has 2 amide bonds. The second-order valence-corrected chi connectivity index (χ2v) is 5.53. The molecule has 0 atom stereocenters. The van der Waals surface area contributed by atoms with Gasteiger partial charge in [0.1, 0.15) is 12.3 Å². The lowest BCUT2D eigenvalue weighted by molar-refractivity contribution is -0.123. The van der Waals surface area contributed by atoms with Gasteiger partial charge in [-0.15, -0.1) is 0 Å². The first-order chi connectivity index (χ1) is 11.5. The maximum atomic E-state index is 12.2. The van der Waals surface area contributed by atoms with E-state index in [1.165, 1.54) is 11.8 Å². The summed E-state index contributed by atoms with van der Waals surface area (Å²) in [7, 11) is 1.59. The van der Waals surface area contributed by atoms with E-state index >= 15 is 0 Å². The average Bonchev–Trinajstić information content (AvgIpc) is 2.57. The Labute approximate surface area is 142 Å². The lowest BCUT2D eigenvalue weighted by Crippen LogP contribution is -2.39. The van der Waals surface area contributed by atoms with E-state index in [-0.39, 0.29) is 18.4 Å². The van der Waals surface area contributed by atoms with Gasteiger partial charge in [-0.25, -0.2) is 0 Å². The number of rotatable bonds is 6. The Morgan fingerprint density at radius 3 is 2.54 bits per heavy atom. The minimum Gasteiger partial charge on any atom is -0.496 e. The summed E-state index contributed by atoms with van der Waals surface area (Å²) in [5, 5.41) is 2.83. The maximum Gasteiger partial charge on any atom is 0.240 e. The molecule has 1 N–H and O–H groups in total.